The SMILES string of the molecule is CCc1nc2ccc(OC3CCNCC3)cc2n1Cc1ccc(C(=N)N)c2ccccc12. The summed E-state index contributed by atoms with van der Waals surface area (Å²) < 4.78 is 8.60. The van der Waals surface area contributed by atoms with Crippen LogP contribution in [0, 0.1) is 5.41 Å². The van der Waals surface area contributed by atoms with Gasteiger partial charge in [0, 0.05) is 24.6 Å². The van der Waals surface area contributed by atoms with Crippen LogP contribution in [0.4, 0.5) is 0 Å². The highest BCUT2D eigenvalue weighted by molar-refractivity contribution is 6.08. The van der Waals surface area contributed by atoms with Crippen LogP contribution in [-0.4, -0.2) is 34.6 Å². The second kappa shape index (κ2) is 8.63. The van der Waals surface area contributed by atoms with Gasteiger partial charge in [-0.05, 0) is 54.4 Å². The maximum atomic E-state index is 7.93. The first kappa shape index (κ1) is 20.5. The number of nitrogen functional groups attached to an aromatic ring is 1. The molecule has 2 heterocycles. The summed E-state index contributed by atoms with van der Waals surface area (Å²) in [6.45, 7) is 4.86. The highest BCUT2D eigenvalue weighted by Crippen LogP contribution is 2.28. The molecule has 0 aliphatic carbocycles. The molecule has 0 atom stereocenters. The normalized spacial score (nSPS) is 14.8. The van der Waals surface area contributed by atoms with Crippen LogP contribution >= 0.6 is 0 Å². The lowest BCUT2D eigenvalue weighted by molar-refractivity contribution is 0.162. The van der Waals surface area contributed by atoms with Crippen LogP contribution in [0.2, 0.25) is 0 Å². The van der Waals surface area contributed by atoms with Gasteiger partial charge in [0.2, 0.25) is 0 Å². The Bertz CT molecular complexity index is 1290. The van der Waals surface area contributed by atoms with Crippen molar-refractivity contribution in [2.45, 2.75) is 38.8 Å². The number of hydrogen-bond donors (Lipinski definition) is 3. The zero-order valence-corrected chi connectivity index (χ0v) is 18.4. The molecule has 0 radical (unpaired) electrons. The summed E-state index contributed by atoms with van der Waals surface area (Å²) in [5, 5.41) is 13.4. The van der Waals surface area contributed by atoms with Crippen molar-refractivity contribution in [3.63, 3.8) is 0 Å². The molecule has 6 nitrogen and oxygen atoms in total. The topological polar surface area (TPSA) is 89.0 Å². The molecule has 0 saturated carbocycles. The Hall–Kier alpha value is -3.38. The Morgan fingerprint density at radius 2 is 1.91 bits per heavy atom. The molecule has 4 N–H and O–H groups in total. The lowest BCUT2D eigenvalue weighted by Gasteiger charge is -2.23. The number of aryl methyl sites for hydroxylation is 1. The fourth-order valence-electron chi connectivity index (χ4n) is 4.68. The van der Waals surface area contributed by atoms with Gasteiger partial charge in [-0.3, -0.25) is 5.41 Å². The summed E-state index contributed by atoms with van der Waals surface area (Å²) in [6.07, 6.45) is 3.18. The number of fused-ring (bicyclic) bond motifs is 2. The highest BCUT2D eigenvalue weighted by Gasteiger charge is 2.17. The number of rotatable bonds is 6. The van der Waals surface area contributed by atoms with Crippen molar-refractivity contribution in [3.05, 3.63) is 71.5 Å². The smallest absolute Gasteiger partial charge is 0.123 e. The first-order valence-electron chi connectivity index (χ1n) is 11.4. The minimum absolute atomic E-state index is 0.0924. The standard InChI is InChI=1S/C26H29N5O/c1-2-25-30-23-10-8-19(32-18-11-13-29-14-12-18)15-24(23)31(25)16-17-7-9-22(26(27)28)21-6-4-3-5-20(17)21/h3-10,15,18,29H,2,11-14,16H2,1H3,(H3,27,28). The third kappa shape index (κ3) is 3.82. The van der Waals surface area contributed by atoms with E-state index in [9.17, 15) is 0 Å². The average molecular weight is 428 g/mol. The molecule has 164 valence electrons. The third-order valence-corrected chi connectivity index (χ3v) is 6.34. The number of nitrogens with two attached hydrogens (primary N) is 1. The Kier molecular flexibility index (Phi) is 5.53. The largest absolute Gasteiger partial charge is 0.490 e. The lowest BCUT2D eigenvalue weighted by atomic mass is 9.99. The summed E-state index contributed by atoms with van der Waals surface area (Å²) in [5.74, 6) is 2.05. The molecule has 0 amide bonds. The lowest BCUT2D eigenvalue weighted by Crippen LogP contribution is -2.34. The van der Waals surface area contributed by atoms with Gasteiger partial charge in [-0.2, -0.15) is 0 Å². The molecule has 5 rings (SSSR count). The predicted octanol–water partition coefficient (Wildman–Crippen LogP) is 4.22. The Balaban J connectivity index is 1.55. The van der Waals surface area contributed by atoms with Gasteiger partial charge in [-0.15, -0.1) is 0 Å². The summed E-state index contributed by atoms with van der Waals surface area (Å²) in [5.41, 5.74) is 9.87. The first-order chi connectivity index (χ1) is 15.6. The minimum Gasteiger partial charge on any atom is -0.490 e. The number of amidine groups is 1. The van der Waals surface area contributed by atoms with Gasteiger partial charge in [0.1, 0.15) is 23.5 Å². The second-order valence-electron chi connectivity index (χ2n) is 8.42. The zero-order chi connectivity index (χ0) is 22.1. The minimum atomic E-state index is 0.0924. The van der Waals surface area contributed by atoms with Gasteiger partial charge in [-0.25, -0.2) is 4.98 Å². The van der Waals surface area contributed by atoms with Crippen LogP contribution in [0.5, 0.6) is 5.75 Å². The van der Waals surface area contributed by atoms with E-state index in [4.69, 9.17) is 20.9 Å². The number of nitrogens with zero attached hydrogens (tertiary/aromatic N) is 2. The van der Waals surface area contributed by atoms with E-state index in [2.05, 4.69) is 41.1 Å². The molecular formula is C26H29N5O. The van der Waals surface area contributed by atoms with Crippen LogP contribution in [0.1, 0.15) is 36.7 Å². The average Bonchev–Trinajstić information content (AvgIpc) is 3.16. The van der Waals surface area contributed by atoms with Crippen molar-refractivity contribution in [2.24, 2.45) is 5.73 Å². The number of piperidine rings is 1. The van der Waals surface area contributed by atoms with Gasteiger partial charge in [0.25, 0.3) is 0 Å². The van der Waals surface area contributed by atoms with Gasteiger partial charge >= 0.3 is 0 Å². The summed E-state index contributed by atoms with van der Waals surface area (Å²) in [6, 6.07) is 18.4. The maximum absolute atomic E-state index is 7.93. The van der Waals surface area contributed by atoms with Crippen LogP contribution in [0.3, 0.4) is 0 Å². The number of imidazole rings is 1. The fourth-order valence-corrected chi connectivity index (χ4v) is 4.68. The number of hydrogen-bond acceptors (Lipinski definition) is 4. The number of benzene rings is 3. The molecule has 1 aliphatic heterocycles. The molecule has 1 aliphatic rings. The van der Waals surface area contributed by atoms with E-state index in [1.165, 1.54) is 5.56 Å². The molecule has 32 heavy (non-hydrogen) atoms. The van der Waals surface area contributed by atoms with E-state index in [0.717, 1.165) is 71.3 Å². The van der Waals surface area contributed by atoms with Gasteiger partial charge in [0.05, 0.1) is 11.0 Å². The molecule has 0 spiro atoms. The van der Waals surface area contributed by atoms with Crippen molar-refractivity contribution >= 4 is 27.6 Å². The van der Waals surface area contributed by atoms with Crippen molar-refractivity contribution in [2.75, 3.05) is 13.1 Å². The Morgan fingerprint density at radius 1 is 1.12 bits per heavy atom. The van der Waals surface area contributed by atoms with Crippen molar-refractivity contribution in [1.82, 2.24) is 14.9 Å². The molecule has 0 unspecified atom stereocenters. The van der Waals surface area contributed by atoms with E-state index in [1.807, 2.05) is 30.3 Å². The summed E-state index contributed by atoms with van der Waals surface area (Å²) in [4.78, 5) is 4.88. The van der Waals surface area contributed by atoms with Crippen molar-refractivity contribution in [3.8, 4) is 5.75 Å². The second-order valence-corrected chi connectivity index (χ2v) is 8.42. The fraction of sp³-hybridized carbons (Fsp3) is 0.308. The van der Waals surface area contributed by atoms with Gasteiger partial charge in [-0.1, -0.05) is 43.3 Å². The van der Waals surface area contributed by atoms with Crippen molar-refractivity contribution < 1.29 is 4.74 Å². The summed E-state index contributed by atoms with van der Waals surface area (Å²) >= 11 is 0. The molecule has 1 aromatic heterocycles. The van der Waals surface area contributed by atoms with Crippen LogP contribution in [-0.2, 0) is 13.0 Å². The monoisotopic (exact) mass is 427 g/mol. The number of nitrogens with one attached hydrogen (secondary N) is 2. The quantitative estimate of drug-likeness (QED) is 0.318. The molecule has 1 fully saturated rings. The van der Waals surface area contributed by atoms with E-state index in [-0.39, 0.29) is 11.9 Å². The molecular weight excluding hydrogens is 398 g/mol. The zero-order valence-electron chi connectivity index (χ0n) is 18.4. The third-order valence-electron chi connectivity index (χ3n) is 6.34. The van der Waals surface area contributed by atoms with E-state index in [1.54, 1.807) is 0 Å². The predicted molar refractivity (Wildman–Crippen MR) is 130 cm³/mol. The molecule has 3 aromatic carbocycles. The van der Waals surface area contributed by atoms with Crippen LogP contribution in [0.15, 0.2) is 54.6 Å². The molecule has 4 aromatic rings. The van der Waals surface area contributed by atoms with E-state index < -0.39 is 0 Å². The molecule has 6 heteroatoms. The van der Waals surface area contributed by atoms with Gasteiger partial charge in [0.15, 0.2) is 0 Å². The molecule has 1 saturated heterocycles. The van der Waals surface area contributed by atoms with Gasteiger partial charge < -0.3 is 20.4 Å². The molecule has 0 bridgehead atoms. The number of aromatic nitrogens is 2. The van der Waals surface area contributed by atoms with E-state index in [0.29, 0.717) is 6.54 Å². The Labute approximate surface area is 187 Å². The maximum Gasteiger partial charge on any atom is 0.123 e. The summed E-state index contributed by atoms with van der Waals surface area (Å²) in [7, 11) is 0. The van der Waals surface area contributed by atoms with E-state index >= 15 is 0 Å². The Morgan fingerprint density at radius 3 is 2.66 bits per heavy atom. The van der Waals surface area contributed by atoms with Crippen LogP contribution in [0.25, 0.3) is 21.8 Å². The highest BCUT2D eigenvalue weighted by atomic mass is 16.5. The van der Waals surface area contributed by atoms with Crippen molar-refractivity contribution in [1.29, 1.82) is 5.41 Å². The first-order valence-corrected chi connectivity index (χ1v) is 11.4. The van der Waals surface area contributed by atoms with Crippen LogP contribution < -0.4 is 15.8 Å². The number of ether oxygens (including phenoxy) is 1.